The highest BCUT2D eigenvalue weighted by Gasteiger charge is 2.05. The lowest BCUT2D eigenvalue weighted by Crippen LogP contribution is -3.00. The van der Waals surface area contributed by atoms with Crippen molar-refractivity contribution in [3.05, 3.63) is 0 Å². The molecule has 0 aliphatic heterocycles. The van der Waals surface area contributed by atoms with Gasteiger partial charge in [-0.1, -0.05) is 64.7 Å². The van der Waals surface area contributed by atoms with Crippen LogP contribution in [0.1, 0.15) is 77.6 Å². The molecule has 0 aromatic rings. The Morgan fingerprint density at radius 1 is 0.619 bits per heavy atom. The highest BCUT2D eigenvalue weighted by Crippen LogP contribution is 2.10. The zero-order chi connectivity index (χ0) is 15.1. The smallest absolute Gasteiger partial charge is 0.0802 e. The quantitative estimate of drug-likeness (QED) is 0.331. The van der Waals surface area contributed by atoms with E-state index in [2.05, 4.69) is 28.1 Å². The van der Waals surface area contributed by atoms with Crippen LogP contribution in [-0.4, -0.2) is 45.4 Å². The van der Waals surface area contributed by atoms with Crippen LogP contribution in [0.15, 0.2) is 0 Å². The van der Waals surface area contributed by atoms with E-state index >= 15 is 0 Å². The molecular weight excluding hydrogens is 282 g/mol. The molecule has 0 aliphatic rings. The molecule has 21 heavy (non-hydrogen) atoms. The topological polar surface area (TPSA) is 9.23 Å². The third-order valence-corrected chi connectivity index (χ3v) is 3.76. The summed E-state index contributed by atoms with van der Waals surface area (Å²) in [6.45, 7) is 5.39. The molecule has 0 saturated heterocycles. The summed E-state index contributed by atoms with van der Waals surface area (Å²) in [7, 11) is 6.72. The third-order valence-electron chi connectivity index (χ3n) is 3.76. The minimum atomic E-state index is 0. The monoisotopic (exact) mass is 321 g/mol. The fourth-order valence-corrected chi connectivity index (χ4v) is 2.43. The predicted octanol–water partition coefficient (Wildman–Crippen LogP) is 2.02. The van der Waals surface area contributed by atoms with Crippen LogP contribution in [0.5, 0.6) is 0 Å². The van der Waals surface area contributed by atoms with Crippen LogP contribution in [0.4, 0.5) is 0 Å². The Morgan fingerprint density at radius 2 is 1.05 bits per heavy atom. The first kappa shape index (κ1) is 23.5. The molecule has 0 N–H and O–H groups in total. The fourth-order valence-electron chi connectivity index (χ4n) is 2.43. The third kappa shape index (κ3) is 22.6. The fraction of sp³-hybridized carbons (Fsp3) is 1.00. The summed E-state index contributed by atoms with van der Waals surface area (Å²) >= 11 is 0. The van der Waals surface area contributed by atoms with Crippen LogP contribution in [0.25, 0.3) is 0 Å². The van der Waals surface area contributed by atoms with E-state index in [1.807, 2.05) is 0 Å². The van der Waals surface area contributed by atoms with Crippen molar-refractivity contribution in [2.75, 3.05) is 40.9 Å². The summed E-state index contributed by atoms with van der Waals surface area (Å²) < 4.78 is 6.73. The molecule has 0 atom stereocenters. The van der Waals surface area contributed by atoms with Gasteiger partial charge < -0.3 is 21.6 Å². The predicted molar refractivity (Wildman–Crippen MR) is 90.2 cm³/mol. The number of hydrogen-bond acceptors (Lipinski definition) is 1. The van der Waals surface area contributed by atoms with E-state index in [1.165, 1.54) is 77.2 Å². The Bertz CT molecular complexity index is 192. The van der Waals surface area contributed by atoms with Crippen molar-refractivity contribution < 1.29 is 21.6 Å². The van der Waals surface area contributed by atoms with Crippen LogP contribution in [-0.2, 0) is 4.74 Å². The standard InChI is InChI=1S/C18H40NO.ClH/c1-5-6-7-8-9-10-11-12-13-14-17-20-18-15-16-19(2,3)4;/h5-18H2,1-4H3;1H/q+1;/p-1. The molecule has 0 bridgehead atoms. The van der Waals surface area contributed by atoms with Crippen molar-refractivity contribution >= 4 is 0 Å². The van der Waals surface area contributed by atoms with E-state index in [0.29, 0.717) is 0 Å². The minimum absolute atomic E-state index is 0. The molecule has 0 saturated carbocycles. The van der Waals surface area contributed by atoms with E-state index in [0.717, 1.165) is 17.7 Å². The Hall–Kier alpha value is 0.210. The number of nitrogens with zero attached hydrogens (tertiary/aromatic N) is 1. The van der Waals surface area contributed by atoms with Crippen molar-refractivity contribution in [2.45, 2.75) is 77.6 Å². The van der Waals surface area contributed by atoms with Gasteiger partial charge in [0.15, 0.2) is 0 Å². The molecule has 0 radical (unpaired) electrons. The van der Waals surface area contributed by atoms with Crippen molar-refractivity contribution in [3.8, 4) is 0 Å². The maximum atomic E-state index is 5.69. The summed E-state index contributed by atoms with van der Waals surface area (Å²) in [5.41, 5.74) is 0. The molecule has 0 amide bonds. The first-order chi connectivity index (χ1) is 9.56. The zero-order valence-corrected chi connectivity index (χ0v) is 15.9. The molecule has 0 fully saturated rings. The first-order valence-electron chi connectivity index (χ1n) is 8.94. The first-order valence-corrected chi connectivity index (χ1v) is 8.94. The van der Waals surface area contributed by atoms with Gasteiger partial charge in [-0.25, -0.2) is 0 Å². The second-order valence-corrected chi connectivity index (χ2v) is 7.16. The van der Waals surface area contributed by atoms with Crippen molar-refractivity contribution in [1.29, 1.82) is 0 Å². The van der Waals surface area contributed by atoms with Gasteiger partial charge in [-0.15, -0.1) is 0 Å². The molecule has 0 aromatic heterocycles. The van der Waals surface area contributed by atoms with Gasteiger partial charge in [-0.3, -0.25) is 0 Å². The zero-order valence-electron chi connectivity index (χ0n) is 15.1. The largest absolute Gasteiger partial charge is 1.00 e. The maximum Gasteiger partial charge on any atom is 0.0802 e. The van der Waals surface area contributed by atoms with E-state index < -0.39 is 0 Å². The van der Waals surface area contributed by atoms with Gasteiger partial charge in [-0.05, 0) is 6.42 Å². The molecule has 0 aliphatic carbocycles. The van der Waals surface area contributed by atoms with Crippen LogP contribution >= 0.6 is 0 Å². The van der Waals surface area contributed by atoms with Crippen molar-refractivity contribution in [2.24, 2.45) is 0 Å². The lowest BCUT2D eigenvalue weighted by molar-refractivity contribution is -0.870. The Labute approximate surface area is 140 Å². The molecule has 2 nitrogen and oxygen atoms in total. The summed E-state index contributed by atoms with van der Waals surface area (Å²) in [4.78, 5) is 0. The van der Waals surface area contributed by atoms with Crippen LogP contribution < -0.4 is 12.4 Å². The average Bonchev–Trinajstić information content (AvgIpc) is 2.38. The molecule has 0 heterocycles. The van der Waals surface area contributed by atoms with Gasteiger partial charge in [0.1, 0.15) is 0 Å². The van der Waals surface area contributed by atoms with Crippen molar-refractivity contribution in [1.82, 2.24) is 0 Å². The molecule has 130 valence electrons. The SMILES string of the molecule is CCCCCCCCCCCCOCCC[N+](C)(C)C.[Cl-]. The summed E-state index contributed by atoms with van der Waals surface area (Å²) in [6.07, 6.45) is 15.2. The number of rotatable bonds is 15. The van der Waals surface area contributed by atoms with Crippen LogP contribution in [0.3, 0.4) is 0 Å². The molecule has 3 heteroatoms. The minimum Gasteiger partial charge on any atom is -1.00 e. The Morgan fingerprint density at radius 3 is 1.52 bits per heavy atom. The van der Waals surface area contributed by atoms with Crippen LogP contribution in [0.2, 0.25) is 0 Å². The summed E-state index contributed by atoms with van der Waals surface area (Å²) in [5, 5.41) is 0. The van der Waals surface area contributed by atoms with Crippen LogP contribution in [0, 0.1) is 0 Å². The second-order valence-electron chi connectivity index (χ2n) is 7.16. The molecule has 0 rings (SSSR count). The molecule has 0 spiro atoms. The number of unbranched alkanes of at least 4 members (excludes halogenated alkanes) is 9. The molecule has 0 aromatic carbocycles. The maximum absolute atomic E-state index is 5.69. The van der Waals surface area contributed by atoms with Crippen molar-refractivity contribution in [3.63, 3.8) is 0 Å². The Balaban J connectivity index is 0. The van der Waals surface area contributed by atoms with E-state index in [1.54, 1.807) is 0 Å². The number of ether oxygens (including phenoxy) is 1. The van der Waals surface area contributed by atoms with E-state index in [9.17, 15) is 0 Å². The summed E-state index contributed by atoms with van der Waals surface area (Å²) in [5.74, 6) is 0. The van der Waals surface area contributed by atoms with Gasteiger partial charge in [0.2, 0.25) is 0 Å². The number of quaternary nitrogens is 1. The van der Waals surface area contributed by atoms with Gasteiger partial charge in [-0.2, -0.15) is 0 Å². The normalized spacial score (nSPS) is 11.4. The van der Waals surface area contributed by atoms with E-state index in [4.69, 9.17) is 4.74 Å². The Kier molecular flexibility index (Phi) is 18.5. The summed E-state index contributed by atoms with van der Waals surface area (Å²) in [6, 6.07) is 0. The lowest BCUT2D eigenvalue weighted by Gasteiger charge is -2.23. The van der Waals surface area contributed by atoms with Gasteiger partial charge in [0, 0.05) is 13.0 Å². The molecular formula is C18H40ClNO. The van der Waals surface area contributed by atoms with E-state index in [-0.39, 0.29) is 12.4 Å². The number of hydrogen-bond donors (Lipinski definition) is 0. The van der Waals surface area contributed by atoms with Gasteiger partial charge >= 0.3 is 0 Å². The molecule has 0 unspecified atom stereocenters. The lowest BCUT2D eigenvalue weighted by atomic mass is 10.1. The highest BCUT2D eigenvalue weighted by atomic mass is 35.5. The van der Waals surface area contributed by atoms with Gasteiger partial charge in [0.25, 0.3) is 0 Å². The average molecular weight is 322 g/mol. The van der Waals surface area contributed by atoms with Gasteiger partial charge in [0.05, 0.1) is 34.3 Å². The number of halogens is 1. The second kappa shape index (κ2) is 16.6. The highest BCUT2D eigenvalue weighted by molar-refractivity contribution is 4.47.